The number of carbonyl (C=O) groups is 1. The molecule has 2 aliphatic heterocycles. The van der Waals surface area contributed by atoms with Crippen LogP contribution in [0.15, 0.2) is 18.6 Å². The molecule has 2 aromatic heterocycles. The minimum Gasteiger partial charge on any atom is -0.350 e. The van der Waals surface area contributed by atoms with Crippen molar-refractivity contribution in [1.29, 1.82) is 5.26 Å². The number of nitrogens with zero attached hydrogens (tertiary/aromatic N) is 6. The molecule has 0 spiro atoms. The zero-order valence-corrected chi connectivity index (χ0v) is 18.4. The van der Waals surface area contributed by atoms with E-state index in [1.165, 1.54) is 11.8 Å². The van der Waals surface area contributed by atoms with E-state index in [1.807, 2.05) is 25.5 Å². The third kappa shape index (κ3) is 3.98. The van der Waals surface area contributed by atoms with Crippen molar-refractivity contribution in [2.45, 2.75) is 57.7 Å². The molecule has 10 heteroatoms. The Balaban J connectivity index is 1.50. The molecule has 0 bridgehead atoms. The van der Waals surface area contributed by atoms with Crippen LogP contribution in [0.1, 0.15) is 54.9 Å². The first-order valence-electron chi connectivity index (χ1n) is 10.6. The van der Waals surface area contributed by atoms with Crippen LogP contribution in [0.25, 0.3) is 0 Å². The lowest BCUT2D eigenvalue weighted by Crippen LogP contribution is -2.63. The third-order valence-corrected chi connectivity index (χ3v) is 6.07. The Kier molecular flexibility index (Phi) is 5.64. The second-order valence-electron chi connectivity index (χ2n) is 8.84. The Morgan fingerprint density at radius 3 is 2.74 bits per heavy atom. The molecule has 31 heavy (non-hydrogen) atoms. The highest BCUT2D eigenvalue weighted by atomic mass is 16.1. The lowest BCUT2D eigenvalue weighted by Gasteiger charge is -2.49. The van der Waals surface area contributed by atoms with Crippen molar-refractivity contribution >= 4 is 11.7 Å². The van der Waals surface area contributed by atoms with Crippen LogP contribution in [-0.4, -0.2) is 57.4 Å². The number of carbonyl (C=O) groups excluding carboxylic acids is 1. The molecule has 4 heterocycles. The number of hydrazine groups is 1. The fraction of sp³-hybridized carbons (Fsp3) is 0.571. The van der Waals surface area contributed by atoms with Gasteiger partial charge in [-0.2, -0.15) is 10.4 Å². The van der Waals surface area contributed by atoms with E-state index >= 15 is 0 Å². The second kappa shape index (κ2) is 8.24. The van der Waals surface area contributed by atoms with Crippen LogP contribution in [0.4, 0.5) is 5.82 Å². The van der Waals surface area contributed by atoms with Gasteiger partial charge in [0.05, 0.1) is 30.6 Å². The first-order valence-corrected chi connectivity index (χ1v) is 10.6. The van der Waals surface area contributed by atoms with Crippen LogP contribution in [0, 0.1) is 18.3 Å². The molecule has 3 N–H and O–H groups in total. The van der Waals surface area contributed by atoms with Gasteiger partial charge in [0.15, 0.2) is 0 Å². The summed E-state index contributed by atoms with van der Waals surface area (Å²) in [5.74, 6) is 0.803. The molecule has 1 amide bonds. The number of hydrogen-bond donors (Lipinski definition) is 3. The average molecular weight is 424 g/mol. The zero-order chi connectivity index (χ0) is 22.2. The van der Waals surface area contributed by atoms with Gasteiger partial charge >= 0.3 is 0 Å². The first-order chi connectivity index (χ1) is 14.8. The molecule has 0 radical (unpaired) electrons. The van der Waals surface area contributed by atoms with Gasteiger partial charge in [-0.3, -0.25) is 20.3 Å². The summed E-state index contributed by atoms with van der Waals surface area (Å²) in [5.41, 5.74) is 8.57. The monoisotopic (exact) mass is 423 g/mol. The van der Waals surface area contributed by atoms with Crippen molar-refractivity contribution in [2.75, 3.05) is 24.5 Å². The van der Waals surface area contributed by atoms with Crippen molar-refractivity contribution < 1.29 is 4.79 Å². The number of aryl methyl sites for hydroxylation is 1. The van der Waals surface area contributed by atoms with Gasteiger partial charge in [-0.05, 0) is 33.3 Å². The van der Waals surface area contributed by atoms with E-state index in [-0.39, 0.29) is 11.9 Å². The van der Waals surface area contributed by atoms with E-state index < -0.39 is 5.54 Å². The lowest BCUT2D eigenvalue weighted by atomic mass is 9.86. The SMILES string of the molecule is Cc1nn(C2(CC#N)CN(c3cnc(C(=O)NC(C)C)cn3)C2)cc1C1CNNC1C. The van der Waals surface area contributed by atoms with E-state index in [0.29, 0.717) is 43.0 Å². The fourth-order valence-corrected chi connectivity index (χ4v) is 4.32. The van der Waals surface area contributed by atoms with Crippen molar-refractivity contribution in [2.24, 2.45) is 0 Å². The third-order valence-electron chi connectivity index (χ3n) is 6.07. The molecule has 2 unspecified atom stereocenters. The molecule has 164 valence electrons. The van der Waals surface area contributed by atoms with Gasteiger partial charge in [-0.15, -0.1) is 0 Å². The Bertz CT molecular complexity index is 985. The quantitative estimate of drug-likeness (QED) is 0.624. The van der Waals surface area contributed by atoms with Gasteiger partial charge in [0.1, 0.15) is 17.1 Å². The van der Waals surface area contributed by atoms with Crippen molar-refractivity contribution in [3.05, 3.63) is 35.5 Å². The lowest BCUT2D eigenvalue weighted by molar-refractivity contribution is 0.0937. The molecule has 4 rings (SSSR count). The maximum Gasteiger partial charge on any atom is 0.271 e. The van der Waals surface area contributed by atoms with Crippen LogP contribution < -0.4 is 21.1 Å². The Labute approximate surface area is 182 Å². The maximum atomic E-state index is 12.1. The van der Waals surface area contributed by atoms with Crippen LogP contribution in [-0.2, 0) is 5.54 Å². The zero-order valence-electron chi connectivity index (χ0n) is 18.4. The maximum absolute atomic E-state index is 12.1. The summed E-state index contributed by atoms with van der Waals surface area (Å²) in [6.07, 6.45) is 5.58. The molecule has 2 aromatic rings. The molecule has 0 aliphatic carbocycles. The first kappa shape index (κ1) is 21.2. The predicted octanol–water partition coefficient (Wildman–Crippen LogP) is 0.829. The minimum absolute atomic E-state index is 0.0390. The van der Waals surface area contributed by atoms with Crippen molar-refractivity contribution in [1.82, 2.24) is 35.9 Å². The van der Waals surface area contributed by atoms with Gasteiger partial charge in [-0.1, -0.05) is 0 Å². The molecular weight excluding hydrogens is 394 g/mol. The van der Waals surface area contributed by atoms with Crippen molar-refractivity contribution in [3.8, 4) is 6.07 Å². The van der Waals surface area contributed by atoms with E-state index in [1.54, 1.807) is 6.20 Å². The molecular formula is C21H29N9O. The summed E-state index contributed by atoms with van der Waals surface area (Å²) >= 11 is 0. The summed E-state index contributed by atoms with van der Waals surface area (Å²) in [4.78, 5) is 22.8. The van der Waals surface area contributed by atoms with Crippen LogP contribution in [0.5, 0.6) is 0 Å². The highest BCUT2D eigenvalue weighted by molar-refractivity contribution is 5.92. The molecule has 2 saturated heterocycles. The molecule has 2 fully saturated rings. The number of anilines is 1. The van der Waals surface area contributed by atoms with Gasteiger partial charge in [0.2, 0.25) is 0 Å². The van der Waals surface area contributed by atoms with E-state index in [9.17, 15) is 10.1 Å². The van der Waals surface area contributed by atoms with Gasteiger partial charge in [0, 0.05) is 43.8 Å². The standard InChI is InChI=1S/C21H29N9O/c1-13(2)26-20(31)18-8-24-19(9-23-18)29-11-21(12-29,5-6-22)30-10-17(15(4)28-30)16-7-25-27-14(16)3/h8-10,13-14,16,25,27H,5,7,11-12H2,1-4H3,(H,26,31). The Morgan fingerprint density at radius 2 is 2.16 bits per heavy atom. The van der Waals surface area contributed by atoms with Gasteiger partial charge < -0.3 is 10.2 Å². The number of nitriles is 1. The molecule has 0 aromatic carbocycles. The predicted molar refractivity (Wildman–Crippen MR) is 115 cm³/mol. The highest BCUT2D eigenvalue weighted by Gasteiger charge is 2.47. The Hall–Kier alpha value is -3.03. The topological polar surface area (TPSA) is 124 Å². The summed E-state index contributed by atoms with van der Waals surface area (Å²) in [6, 6.07) is 2.69. The molecule has 2 atom stereocenters. The summed E-state index contributed by atoms with van der Waals surface area (Å²) in [7, 11) is 0. The molecule has 2 aliphatic rings. The van der Waals surface area contributed by atoms with Crippen LogP contribution in [0.2, 0.25) is 0 Å². The smallest absolute Gasteiger partial charge is 0.271 e. The number of hydrogen-bond acceptors (Lipinski definition) is 8. The number of nitrogens with one attached hydrogen (secondary N) is 3. The van der Waals surface area contributed by atoms with Crippen molar-refractivity contribution in [3.63, 3.8) is 0 Å². The van der Waals surface area contributed by atoms with E-state index in [2.05, 4.69) is 50.2 Å². The largest absolute Gasteiger partial charge is 0.350 e. The van der Waals surface area contributed by atoms with Gasteiger partial charge in [-0.25, -0.2) is 9.97 Å². The van der Waals surface area contributed by atoms with Crippen LogP contribution in [0.3, 0.4) is 0 Å². The number of amides is 1. The molecule has 10 nitrogen and oxygen atoms in total. The van der Waals surface area contributed by atoms with Crippen LogP contribution >= 0.6 is 0 Å². The number of rotatable bonds is 6. The summed E-state index contributed by atoms with van der Waals surface area (Å²) in [6.45, 7) is 10.1. The normalized spacial score (nSPS) is 22.3. The number of aromatic nitrogens is 4. The summed E-state index contributed by atoms with van der Waals surface area (Å²) in [5, 5.41) is 17.1. The molecule has 0 saturated carbocycles. The Morgan fingerprint density at radius 1 is 1.39 bits per heavy atom. The average Bonchev–Trinajstić information content (AvgIpc) is 3.29. The van der Waals surface area contributed by atoms with E-state index in [0.717, 1.165) is 12.2 Å². The van der Waals surface area contributed by atoms with Gasteiger partial charge in [0.25, 0.3) is 5.91 Å². The highest BCUT2D eigenvalue weighted by Crippen LogP contribution is 2.36. The minimum atomic E-state index is -0.393. The van der Waals surface area contributed by atoms with E-state index in [4.69, 9.17) is 5.10 Å². The fourth-order valence-electron chi connectivity index (χ4n) is 4.32. The summed E-state index contributed by atoms with van der Waals surface area (Å²) < 4.78 is 1.97. The second-order valence-corrected chi connectivity index (χ2v) is 8.84.